The zero-order valence-corrected chi connectivity index (χ0v) is 23.9. The number of ether oxygens (including phenoxy) is 1. The number of anilines is 1. The highest BCUT2D eigenvalue weighted by atomic mass is 35.5. The van der Waals surface area contributed by atoms with Gasteiger partial charge >= 0.3 is 6.18 Å². The van der Waals surface area contributed by atoms with E-state index in [0.29, 0.717) is 33.3 Å². The lowest BCUT2D eigenvalue weighted by molar-refractivity contribution is -0.137. The maximum Gasteiger partial charge on any atom is 0.417 e. The van der Waals surface area contributed by atoms with Gasteiger partial charge in [0.05, 0.1) is 27.4 Å². The summed E-state index contributed by atoms with van der Waals surface area (Å²) in [5.74, 6) is -0.300. The molecular weight excluding hydrogens is 614 g/mol. The SMILES string of the molecule is O=C(CN(c1ccc(Cl)c(C(F)(F)F)c1)S(=O)(=O)c1ccccc1)N/N=C\c1ccc(OCc2ccc(Cl)cc2)cc1. The van der Waals surface area contributed by atoms with Crippen molar-refractivity contribution in [3.63, 3.8) is 0 Å². The van der Waals surface area contributed by atoms with Gasteiger partial charge < -0.3 is 4.74 Å². The Morgan fingerprint density at radius 2 is 1.60 bits per heavy atom. The Labute approximate surface area is 250 Å². The molecule has 0 atom stereocenters. The molecule has 0 unspecified atom stereocenters. The van der Waals surface area contributed by atoms with Crippen molar-refractivity contribution in [2.45, 2.75) is 17.7 Å². The van der Waals surface area contributed by atoms with Gasteiger partial charge in [-0.1, -0.05) is 53.5 Å². The van der Waals surface area contributed by atoms with Crippen LogP contribution in [-0.4, -0.2) is 27.1 Å². The number of alkyl halides is 3. The molecule has 4 aromatic rings. The smallest absolute Gasteiger partial charge is 0.417 e. The molecule has 0 fully saturated rings. The molecule has 0 aliphatic carbocycles. The molecule has 13 heteroatoms. The third-order valence-electron chi connectivity index (χ3n) is 5.76. The lowest BCUT2D eigenvalue weighted by Gasteiger charge is -2.24. The Bertz CT molecular complexity index is 1670. The van der Waals surface area contributed by atoms with Gasteiger partial charge in [-0.05, 0) is 77.9 Å². The fourth-order valence-corrected chi connectivity index (χ4v) is 5.45. The maximum atomic E-state index is 13.5. The molecule has 218 valence electrons. The Morgan fingerprint density at radius 1 is 0.929 bits per heavy atom. The van der Waals surface area contributed by atoms with E-state index in [1.54, 1.807) is 42.5 Å². The van der Waals surface area contributed by atoms with E-state index < -0.39 is 44.9 Å². The zero-order chi connectivity index (χ0) is 30.3. The number of rotatable bonds is 10. The second-order valence-electron chi connectivity index (χ2n) is 8.76. The van der Waals surface area contributed by atoms with Gasteiger partial charge in [0.25, 0.3) is 15.9 Å². The van der Waals surface area contributed by atoms with Crippen LogP contribution in [0.5, 0.6) is 5.75 Å². The molecular formula is C29H22Cl2F3N3O4S. The van der Waals surface area contributed by atoms with Crippen LogP contribution in [0.1, 0.15) is 16.7 Å². The van der Waals surface area contributed by atoms with E-state index in [1.165, 1.54) is 30.5 Å². The molecule has 42 heavy (non-hydrogen) atoms. The normalized spacial score (nSPS) is 11.8. The van der Waals surface area contributed by atoms with Gasteiger partial charge in [0.1, 0.15) is 18.9 Å². The maximum absolute atomic E-state index is 13.5. The number of carbonyl (C=O) groups is 1. The predicted molar refractivity (Wildman–Crippen MR) is 155 cm³/mol. The number of hydrogen-bond acceptors (Lipinski definition) is 5. The molecule has 0 aliphatic rings. The largest absolute Gasteiger partial charge is 0.489 e. The fourth-order valence-electron chi connectivity index (χ4n) is 3.66. The van der Waals surface area contributed by atoms with Gasteiger partial charge in [0.2, 0.25) is 0 Å². The summed E-state index contributed by atoms with van der Waals surface area (Å²) >= 11 is 11.6. The summed E-state index contributed by atoms with van der Waals surface area (Å²) in [6, 6.07) is 23.6. The van der Waals surface area contributed by atoms with Crippen LogP contribution < -0.4 is 14.5 Å². The van der Waals surface area contributed by atoms with Crippen molar-refractivity contribution in [1.29, 1.82) is 0 Å². The van der Waals surface area contributed by atoms with Crippen LogP contribution in [-0.2, 0) is 27.6 Å². The van der Waals surface area contributed by atoms with Gasteiger partial charge in [-0.15, -0.1) is 0 Å². The van der Waals surface area contributed by atoms with Crippen LogP contribution in [0.3, 0.4) is 0 Å². The van der Waals surface area contributed by atoms with E-state index in [1.807, 2.05) is 12.1 Å². The summed E-state index contributed by atoms with van der Waals surface area (Å²) in [5, 5.41) is 3.86. The van der Waals surface area contributed by atoms with Gasteiger partial charge in [-0.25, -0.2) is 13.8 Å². The Kier molecular flexibility index (Phi) is 9.77. The highest BCUT2D eigenvalue weighted by Crippen LogP contribution is 2.38. The van der Waals surface area contributed by atoms with E-state index in [-0.39, 0.29) is 4.90 Å². The first kappa shape index (κ1) is 30.9. The number of amides is 1. The van der Waals surface area contributed by atoms with Crippen molar-refractivity contribution in [3.05, 3.63) is 124 Å². The molecule has 0 aromatic heterocycles. The highest BCUT2D eigenvalue weighted by Gasteiger charge is 2.35. The Morgan fingerprint density at radius 3 is 2.24 bits per heavy atom. The molecule has 4 aromatic carbocycles. The standard InChI is InChI=1S/C29H22Cl2F3N3O4S/c30-22-10-6-21(7-11-22)19-41-24-13-8-20(9-14-24)17-35-36-28(38)18-37(42(39,40)25-4-2-1-3-5-25)23-12-15-27(31)26(16-23)29(32,33)34/h1-17H,18-19H2,(H,36,38)/b35-17-. The molecule has 7 nitrogen and oxygen atoms in total. The second-order valence-corrected chi connectivity index (χ2v) is 11.5. The highest BCUT2D eigenvalue weighted by molar-refractivity contribution is 7.92. The Balaban J connectivity index is 1.46. The number of nitrogens with zero attached hydrogens (tertiary/aromatic N) is 2. The second kappa shape index (κ2) is 13.3. The van der Waals surface area contributed by atoms with Crippen LogP contribution in [0.15, 0.2) is 107 Å². The van der Waals surface area contributed by atoms with E-state index in [0.717, 1.165) is 17.7 Å². The van der Waals surface area contributed by atoms with Crippen LogP contribution in [0.25, 0.3) is 0 Å². The topological polar surface area (TPSA) is 88.1 Å². The van der Waals surface area contributed by atoms with Gasteiger partial charge in [0.15, 0.2) is 0 Å². The molecule has 0 aliphatic heterocycles. The number of benzene rings is 4. The van der Waals surface area contributed by atoms with Crippen LogP contribution in [0.2, 0.25) is 10.0 Å². The summed E-state index contributed by atoms with van der Waals surface area (Å²) in [4.78, 5) is 12.5. The molecule has 1 N–H and O–H groups in total. The number of carbonyl (C=O) groups excluding carboxylic acids is 1. The first-order valence-electron chi connectivity index (χ1n) is 12.2. The van der Waals surface area contributed by atoms with E-state index in [4.69, 9.17) is 27.9 Å². The number of sulfonamides is 1. The van der Waals surface area contributed by atoms with Gasteiger partial charge in [0, 0.05) is 5.02 Å². The van der Waals surface area contributed by atoms with Gasteiger partial charge in [-0.2, -0.15) is 18.3 Å². The first-order valence-corrected chi connectivity index (χ1v) is 14.4. The van der Waals surface area contributed by atoms with Gasteiger partial charge in [-0.3, -0.25) is 9.10 Å². The van der Waals surface area contributed by atoms with Crippen molar-refractivity contribution in [2.24, 2.45) is 5.10 Å². The number of halogens is 5. The molecule has 0 bridgehead atoms. The first-order chi connectivity index (χ1) is 19.9. The summed E-state index contributed by atoms with van der Waals surface area (Å²) in [6.07, 6.45) is -3.53. The van der Waals surface area contributed by atoms with Crippen molar-refractivity contribution < 1.29 is 31.1 Å². The Hall–Kier alpha value is -4.06. The zero-order valence-electron chi connectivity index (χ0n) is 21.6. The van der Waals surface area contributed by atoms with E-state index in [9.17, 15) is 26.4 Å². The number of nitrogens with one attached hydrogen (secondary N) is 1. The number of hydrogen-bond donors (Lipinski definition) is 1. The predicted octanol–water partition coefficient (Wildman–Crippen LogP) is 6.94. The molecule has 0 spiro atoms. The fraction of sp³-hybridized carbons (Fsp3) is 0.103. The summed E-state index contributed by atoms with van der Waals surface area (Å²) < 4.78 is 73.5. The van der Waals surface area contributed by atoms with Crippen molar-refractivity contribution in [1.82, 2.24) is 5.43 Å². The molecule has 0 saturated heterocycles. The molecule has 1 amide bonds. The van der Waals surface area contributed by atoms with Crippen LogP contribution in [0, 0.1) is 0 Å². The average molecular weight is 636 g/mol. The molecule has 0 radical (unpaired) electrons. The third-order valence-corrected chi connectivity index (χ3v) is 8.13. The lowest BCUT2D eigenvalue weighted by atomic mass is 10.2. The monoisotopic (exact) mass is 635 g/mol. The minimum absolute atomic E-state index is 0.219. The quantitative estimate of drug-likeness (QED) is 0.151. The average Bonchev–Trinajstić information content (AvgIpc) is 2.96. The summed E-state index contributed by atoms with van der Waals surface area (Å²) in [5.41, 5.74) is 2.10. The lowest BCUT2D eigenvalue weighted by Crippen LogP contribution is -2.39. The number of hydrazone groups is 1. The van der Waals surface area contributed by atoms with Crippen molar-refractivity contribution in [2.75, 3.05) is 10.8 Å². The van der Waals surface area contributed by atoms with E-state index >= 15 is 0 Å². The van der Waals surface area contributed by atoms with E-state index in [2.05, 4.69) is 10.5 Å². The molecule has 0 saturated carbocycles. The minimum atomic E-state index is -4.85. The van der Waals surface area contributed by atoms with Crippen LogP contribution in [0.4, 0.5) is 18.9 Å². The summed E-state index contributed by atoms with van der Waals surface area (Å²) in [6.45, 7) is -0.522. The van der Waals surface area contributed by atoms with Crippen LogP contribution >= 0.6 is 23.2 Å². The summed E-state index contributed by atoms with van der Waals surface area (Å²) in [7, 11) is -4.44. The minimum Gasteiger partial charge on any atom is -0.489 e. The van der Waals surface area contributed by atoms with Crippen molar-refractivity contribution >= 4 is 51.0 Å². The molecule has 0 heterocycles. The molecule has 4 rings (SSSR count). The van der Waals surface area contributed by atoms with Crippen molar-refractivity contribution in [3.8, 4) is 5.75 Å². The third kappa shape index (κ3) is 8.03.